The van der Waals surface area contributed by atoms with E-state index >= 15 is 0 Å². The predicted octanol–water partition coefficient (Wildman–Crippen LogP) is 3.58. The Morgan fingerprint density at radius 2 is 1.88 bits per heavy atom. The summed E-state index contributed by atoms with van der Waals surface area (Å²) >= 11 is 0. The predicted molar refractivity (Wildman–Crippen MR) is 71.1 cm³/mol. The molecular formula is C15H23NO. The molecule has 1 saturated heterocycles. The van der Waals surface area contributed by atoms with Gasteiger partial charge in [0.25, 0.3) is 0 Å². The number of benzene rings is 1. The Labute approximate surface area is 104 Å². The lowest BCUT2D eigenvalue weighted by molar-refractivity contribution is 0.217. The Balaban J connectivity index is 2.03. The zero-order valence-electron chi connectivity index (χ0n) is 10.9. The van der Waals surface area contributed by atoms with Gasteiger partial charge in [0.2, 0.25) is 0 Å². The molecule has 1 aliphatic rings. The van der Waals surface area contributed by atoms with Crippen LogP contribution in [0.25, 0.3) is 0 Å². The maximum absolute atomic E-state index is 9.31. The van der Waals surface area contributed by atoms with E-state index in [2.05, 4.69) is 18.7 Å². The molecule has 0 radical (unpaired) electrons. The van der Waals surface area contributed by atoms with Crippen LogP contribution in [0.3, 0.4) is 0 Å². The molecule has 1 aliphatic heterocycles. The van der Waals surface area contributed by atoms with Crippen molar-refractivity contribution in [1.29, 1.82) is 0 Å². The van der Waals surface area contributed by atoms with Gasteiger partial charge in [0, 0.05) is 6.04 Å². The maximum atomic E-state index is 9.31. The number of nitrogens with zero attached hydrogens (tertiary/aromatic N) is 1. The molecule has 17 heavy (non-hydrogen) atoms. The number of aromatic hydroxyl groups is 1. The minimum Gasteiger partial charge on any atom is -0.508 e. The van der Waals surface area contributed by atoms with E-state index in [9.17, 15) is 5.11 Å². The van der Waals surface area contributed by atoms with Gasteiger partial charge in [-0.3, -0.25) is 4.90 Å². The summed E-state index contributed by atoms with van der Waals surface area (Å²) in [6.07, 6.45) is 3.98. The van der Waals surface area contributed by atoms with Crippen LogP contribution in [0, 0.1) is 5.92 Å². The first-order chi connectivity index (χ1) is 8.16. The van der Waals surface area contributed by atoms with Crippen molar-refractivity contribution in [3.63, 3.8) is 0 Å². The highest BCUT2D eigenvalue weighted by molar-refractivity contribution is 5.27. The molecule has 0 saturated carbocycles. The van der Waals surface area contributed by atoms with Crippen molar-refractivity contribution >= 4 is 0 Å². The normalized spacial score (nSPS) is 24.2. The average Bonchev–Trinajstić information content (AvgIpc) is 2.54. The summed E-state index contributed by atoms with van der Waals surface area (Å²) in [5.41, 5.74) is 1.30. The van der Waals surface area contributed by atoms with E-state index in [1.165, 1.54) is 37.9 Å². The first-order valence-electron chi connectivity index (χ1n) is 6.70. The van der Waals surface area contributed by atoms with Crippen LogP contribution in [0.5, 0.6) is 5.75 Å². The summed E-state index contributed by atoms with van der Waals surface area (Å²) < 4.78 is 0. The lowest BCUT2D eigenvalue weighted by Crippen LogP contribution is -2.28. The quantitative estimate of drug-likeness (QED) is 0.844. The van der Waals surface area contributed by atoms with E-state index < -0.39 is 0 Å². The van der Waals surface area contributed by atoms with Crippen LogP contribution in [0.15, 0.2) is 24.3 Å². The molecule has 2 atom stereocenters. The van der Waals surface area contributed by atoms with E-state index in [0.717, 1.165) is 5.92 Å². The van der Waals surface area contributed by atoms with Crippen LogP contribution in [0.2, 0.25) is 0 Å². The Kier molecular flexibility index (Phi) is 4.06. The van der Waals surface area contributed by atoms with Gasteiger partial charge >= 0.3 is 0 Å². The fourth-order valence-electron chi connectivity index (χ4n) is 2.64. The largest absolute Gasteiger partial charge is 0.508 e. The van der Waals surface area contributed by atoms with Crippen LogP contribution in [0.4, 0.5) is 0 Å². The lowest BCUT2D eigenvalue weighted by Gasteiger charge is -2.28. The van der Waals surface area contributed by atoms with E-state index in [1.54, 1.807) is 12.1 Å². The standard InChI is InChI=1S/C15H23NO/c1-12-4-3-10-16(11-9-12)13(2)14-5-7-15(17)8-6-14/h5-8,12-13,17H,3-4,9-11H2,1-2H3. The molecule has 2 nitrogen and oxygen atoms in total. The summed E-state index contributed by atoms with van der Waals surface area (Å²) in [7, 11) is 0. The molecule has 2 unspecified atom stereocenters. The van der Waals surface area contributed by atoms with E-state index in [-0.39, 0.29) is 0 Å². The molecule has 0 amide bonds. The van der Waals surface area contributed by atoms with Crippen molar-refractivity contribution in [2.75, 3.05) is 13.1 Å². The van der Waals surface area contributed by atoms with Gasteiger partial charge in [0.05, 0.1) is 0 Å². The number of phenolic OH excluding ortho intramolecular Hbond substituents is 1. The smallest absolute Gasteiger partial charge is 0.115 e. The highest BCUT2D eigenvalue weighted by Crippen LogP contribution is 2.26. The van der Waals surface area contributed by atoms with Gasteiger partial charge in [-0.15, -0.1) is 0 Å². The molecule has 1 N–H and O–H groups in total. The fourth-order valence-corrected chi connectivity index (χ4v) is 2.64. The second kappa shape index (κ2) is 5.54. The number of hydrogen-bond acceptors (Lipinski definition) is 2. The second-order valence-electron chi connectivity index (χ2n) is 5.34. The van der Waals surface area contributed by atoms with Gasteiger partial charge in [0.1, 0.15) is 5.75 Å². The Hall–Kier alpha value is -1.02. The van der Waals surface area contributed by atoms with Gasteiger partial charge in [-0.05, 0) is 62.9 Å². The van der Waals surface area contributed by atoms with E-state index in [1.807, 2.05) is 12.1 Å². The third-order valence-corrected chi connectivity index (χ3v) is 3.97. The highest BCUT2D eigenvalue weighted by Gasteiger charge is 2.19. The summed E-state index contributed by atoms with van der Waals surface area (Å²) in [5.74, 6) is 1.22. The molecule has 1 aromatic carbocycles. The molecule has 0 bridgehead atoms. The van der Waals surface area contributed by atoms with Gasteiger partial charge < -0.3 is 5.11 Å². The second-order valence-corrected chi connectivity index (χ2v) is 5.34. The maximum Gasteiger partial charge on any atom is 0.115 e. The third kappa shape index (κ3) is 3.22. The van der Waals surface area contributed by atoms with Crippen LogP contribution in [-0.2, 0) is 0 Å². The van der Waals surface area contributed by atoms with E-state index in [4.69, 9.17) is 0 Å². The third-order valence-electron chi connectivity index (χ3n) is 3.97. The van der Waals surface area contributed by atoms with Crippen molar-refractivity contribution in [2.45, 2.75) is 39.2 Å². The zero-order valence-corrected chi connectivity index (χ0v) is 10.9. The molecule has 0 aromatic heterocycles. The molecule has 2 rings (SSSR count). The molecule has 1 aromatic rings. The fraction of sp³-hybridized carbons (Fsp3) is 0.600. The summed E-state index contributed by atoms with van der Waals surface area (Å²) in [6, 6.07) is 8.10. The van der Waals surface area contributed by atoms with Gasteiger partial charge in [-0.1, -0.05) is 19.1 Å². The van der Waals surface area contributed by atoms with Crippen LogP contribution in [0.1, 0.15) is 44.7 Å². The van der Waals surface area contributed by atoms with Crippen LogP contribution >= 0.6 is 0 Å². The van der Waals surface area contributed by atoms with Gasteiger partial charge in [0.15, 0.2) is 0 Å². The lowest BCUT2D eigenvalue weighted by atomic mass is 10.0. The molecule has 94 valence electrons. The van der Waals surface area contributed by atoms with Crippen molar-refractivity contribution in [3.8, 4) is 5.75 Å². The van der Waals surface area contributed by atoms with E-state index in [0.29, 0.717) is 11.8 Å². The van der Waals surface area contributed by atoms with Crippen molar-refractivity contribution in [2.24, 2.45) is 5.92 Å². The molecule has 1 heterocycles. The summed E-state index contributed by atoms with van der Waals surface area (Å²) in [4.78, 5) is 2.57. The minimum atomic E-state index is 0.352. The monoisotopic (exact) mass is 233 g/mol. The average molecular weight is 233 g/mol. The molecule has 0 aliphatic carbocycles. The summed E-state index contributed by atoms with van der Waals surface area (Å²) in [6.45, 7) is 7.02. The number of phenols is 1. The highest BCUT2D eigenvalue weighted by atomic mass is 16.3. The van der Waals surface area contributed by atoms with Crippen molar-refractivity contribution in [3.05, 3.63) is 29.8 Å². The Morgan fingerprint density at radius 3 is 2.59 bits per heavy atom. The van der Waals surface area contributed by atoms with Crippen molar-refractivity contribution in [1.82, 2.24) is 4.90 Å². The number of hydrogen-bond donors (Lipinski definition) is 1. The number of rotatable bonds is 2. The van der Waals surface area contributed by atoms with Crippen LogP contribution < -0.4 is 0 Å². The SMILES string of the molecule is CC1CCCN(C(C)c2ccc(O)cc2)CC1. The topological polar surface area (TPSA) is 23.5 Å². The van der Waals surface area contributed by atoms with Gasteiger partial charge in [-0.25, -0.2) is 0 Å². The Bertz CT molecular complexity index is 346. The zero-order chi connectivity index (χ0) is 12.3. The van der Waals surface area contributed by atoms with Crippen LogP contribution in [-0.4, -0.2) is 23.1 Å². The van der Waals surface area contributed by atoms with Gasteiger partial charge in [-0.2, -0.15) is 0 Å². The molecule has 2 heteroatoms. The first-order valence-corrected chi connectivity index (χ1v) is 6.70. The van der Waals surface area contributed by atoms with Crippen molar-refractivity contribution < 1.29 is 5.11 Å². The molecule has 1 fully saturated rings. The molecule has 0 spiro atoms. The Morgan fingerprint density at radius 1 is 1.18 bits per heavy atom. The first kappa shape index (κ1) is 12.4. The molecular weight excluding hydrogens is 210 g/mol. The minimum absolute atomic E-state index is 0.352. The summed E-state index contributed by atoms with van der Waals surface area (Å²) in [5, 5.41) is 9.31. The number of likely N-dealkylation sites (tertiary alicyclic amines) is 1.